The van der Waals surface area contributed by atoms with Gasteiger partial charge in [-0.15, -0.1) is 0 Å². The van der Waals surface area contributed by atoms with Gasteiger partial charge in [0, 0.05) is 25.9 Å². The van der Waals surface area contributed by atoms with Crippen LogP contribution in [0.5, 0.6) is 5.75 Å². The van der Waals surface area contributed by atoms with Crippen LogP contribution in [0.2, 0.25) is 0 Å². The van der Waals surface area contributed by atoms with Gasteiger partial charge in [-0.25, -0.2) is 0 Å². The molecule has 0 aromatic heterocycles. The Balaban J connectivity index is 2.11. The number of benzene rings is 1. The molecule has 3 nitrogen and oxygen atoms in total. The molecule has 1 saturated heterocycles. The molecule has 0 N–H and O–H groups in total. The first kappa shape index (κ1) is 12.9. The summed E-state index contributed by atoms with van der Waals surface area (Å²) in [6.07, 6.45) is 3.48. The number of hydrogen-bond donors (Lipinski definition) is 0. The van der Waals surface area contributed by atoms with Crippen molar-refractivity contribution in [3.63, 3.8) is 0 Å². The molecule has 1 aliphatic heterocycles. The molecule has 0 bridgehead atoms. The van der Waals surface area contributed by atoms with E-state index in [2.05, 4.69) is 12.1 Å². The largest absolute Gasteiger partial charge is 0.497 e. The molecule has 1 atom stereocenters. The van der Waals surface area contributed by atoms with Gasteiger partial charge in [0.15, 0.2) is 0 Å². The molecular weight excluding hydrogens is 226 g/mol. The summed E-state index contributed by atoms with van der Waals surface area (Å²) in [7, 11) is 1.68. The fraction of sp³-hybridized carbons (Fsp3) is 0.533. The Bertz CT molecular complexity index is 399. The molecule has 1 fully saturated rings. The first-order valence-electron chi connectivity index (χ1n) is 6.60. The maximum atomic E-state index is 11.5. The van der Waals surface area contributed by atoms with Crippen molar-refractivity contribution in [1.82, 2.24) is 4.90 Å². The minimum absolute atomic E-state index is 0.190. The SMILES string of the molecule is COc1ccc(C2CCCCN(C(C)=O)C2)cc1. The summed E-state index contributed by atoms with van der Waals surface area (Å²) in [5.74, 6) is 1.54. The molecule has 2 rings (SSSR count). The van der Waals surface area contributed by atoms with Crippen LogP contribution >= 0.6 is 0 Å². The number of carbonyl (C=O) groups excluding carboxylic acids is 1. The van der Waals surface area contributed by atoms with Crippen LogP contribution < -0.4 is 4.74 Å². The van der Waals surface area contributed by atoms with E-state index < -0.39 is 0 Å². The second-order valence-corrected chi connectivity index (χ2v) is 4.93. The zero-order valence-electron chi connectivity index (χ0n) is 11.2. The standard InChI is InChI=1S/C15H21NO2/c1-12(17)16-10-4-3-5-14(11-16)13-6-8-15(18-2)9-7-13/h6-9,14H,3-5,10-11H2,1-2H3. The second-order valence-electron chi connectivity index (χ2n) is 4.93. The third-order valence-electron chi connectivity index (χ3n) is 3.70. The van der Waals surface area contributed by atoms with Crippen LogP contribution in [0.1, 0.15) is 37.7 Å². The van der Waals surface area contributed by atoms with Crippen molar-refractivity contribution in [2.75, 3.05) is 20.2 Å². The van der Waals surface area contributed by atoms with Gasteiger partial charge in [-0.3, -0.25) is 4.79 Å². The fourth-order valence-electron chi connectivity index (χ4n) is 2.58. The third-order valence-corrected chi connectivity index (χ3v) is 3.70. The summed E-state index contributed by atoms with van der Waals surface area (Å²) in [6.45, 7) is 3.42. The normalized spacial score (nSPS) is 20.3. The number of carbonyl (C=O) groups is 1. The Labute approximate surface area is 109 Å². The number of rotatable bonds is 2. The van der Waals surface area contributed by atoms with Crippen LogP contribution in [0.3, 0.4) is 0 Å². The quantitative estimate of drug-likeness (QED) is 0.804. The Morgan fingerprint density at radius 1 is 1.28 bits per heavy atom. The summed E-state index contributed by atoms with van der Waals surface area (Å²) < 4.78 is 5.18. The smallest absolute Gasteiger partial charge is 0.219 e. The van der Waals surface area contributed by atoms with E-state index in [1.807, 2.05) is 17.0 Å². The van der Waals surface area contributed by atoms with Crippen molar-refractivity contribution in [3.8, 4) is 5.75 Å². The van der Waals surface area contributed by atoms with Crippen molar-refractivity contribution in [1.29, 1.82) is 0 Å². The Hall–Kier alpha value is -1.51. The number of likely N-dealkylation sites (tertiary alicyclic amines) is 1. The molecule has 1 aromatic carbocycles. The Morgan fingerprint density at radius 3 is 2.61 bits per heavy atom. The zero-order valence-corrected chi connectivity index (χ0v) is 11.2. The highest BCUT2D eigenvalue weighted by Gasteiger charge is 2.20. The van der Waals surface area contributed by atoms with Gasteiger partial charge in [-0.2, -0.15) is 0 Å². The van der Waals surface area contributed by atoms with Crippen LogP contribution in [0, 0.1) is 0 Å². The van der Waals surface area contributed by atoms with Crippen molar-refractivity contribution < 1.29 is 9.53 Å². The van der Waals surface area contributed by atoms with E-state index in [0.29, 0.717) is 5.92 Å². The molecule has 0 aliphatic carbocycles. The minimum Gasteiger partial charge on any atom is -0.497 e. The van der Waals surface area contributed by atoms with Gasteiger partial charge in [-0.05, 0) is 30.5 Å². The molecule has 1 aliphatic rings. The van der Waals surface area contributed by atoms with E-state index in [0.717, 1.165) is 31.7 Å². The van der Waals surface area contributed by atoms with Crippen LogP contribution in [-0.2, 0) is 4.79 Å². The summed E-state index contributed by atoms with van der Waals surface area (Å²) >= 11 is 0. The molecule has 1 amide bonds. The Kier molecular flexibility index (Phi) is 4.24. The van der Waals surface area contributed by atoms with Crippen LogP contribution in [0.25, 0.3) is 0 Å². The van der Waals surface area contributed by atoms with Gasteiger partial charge in [0.2, 0.25) is 5.91 Å². The maximum Gasteiger partial charge on any atom is 0.219 e. The predicted octanol–water partition coefficient (Wildman–Crippen LogP) is 2.81. The highest BCUT2D eigenvalue weighted by atomic mass is 16.5. The molecule has 3 heteroatoms. The first-order valence-corrected chi connectivity index (χ1v) is 6.60. The Morgan fingerprint density at radius 2 is 2.00 bits per heavy atom. The van der Waals surface area contributed by atoms with Crippen molar-refractivity contribution in [2.45, 2.75) is 32.1 Å². The first-order chi connectivity index (χ1) is 8.70. The summed E-state index contributed by atoms with van der Waals surface area (Å²) in [4.78, 5) is 13.5. The van der Waals surface area contributed by atoms with E-state index in [-0.39, 0.29) is 5.91 Å². The molecule has 18 heavy (non-hydrogen) atoms. The zero-order chi connectivity index (χ0) is 13.0. The number of ether oxygens (including phenoxy) is 1. The maximum absolute atomic E-state index is 11.5. The number of hydrogen-bond acceptors (Lipinski definition) is 2. The van der Waals surface area contributed by atoms with E-state index in [1.165, 1.54) is 12.0 Å². The second kappa shape index (κ2) is 5.89. The molecule has 1 heterocycles. The van der Waals surface area contributed by atoms with Gasteiger partial charge in [0.05, 0.1) is 7.11 Å². The van der Waals surface area contributed by atoms with Gasteiger partial charge in [0.25, 0.3) is 0 Å². The predicted molar refractivity (Wildman–Crippen MR) is 71.8 cm³/mol. The molecule has 1 unspecified atom stereocenters. The van der Waals surface area contributed by atoms with E-state index in [1.54, 1.807) is 14.0 Å². The van der Waals surface area contributed by atoms with Crippen molar-refractivity contribution >= 4 is 5.91 Å². The summed E-state index contributed by atoms with van der Waals surface area (Å²) in [5.41, 5.74) is 1.31. The number of nitrogens with zero attached hydrogens (tertiary/aromatic N) is 1. The average Bonchev–Trinajstić information content (AvgIpc) is 2.65. The monoisotopic (exact) mass is 247 g/mol. The third kappa shape index (κ3) is 3.03. The van der Waals surface area contributed by atoms with Gasteiger partial charge in [0.1, 0.15) is 5.75 Å². The minimum atomic E-state index is 0.190. The number of amides is 1. The topological polar surface area (TPSA) is 29.5 Å². The lowest BCUT2D eigenvalue weighted by atomic mass is 9.94. The molecule has 0 radical (unpaired) electrons. The number of methoxy groups -OCH3 is 1. The van der Waals surface area contributed by atoms with Crippen molar-refractivity contribution in [2.24, 2.45) is 0 Å². The van der Waals surface area contributed by atoms with Crippen LogP contribution in [0.15, 0.2) is 24.3 Å². The molecule has 98 valence electrons. The van der Waals surface area contributed by atoms with E-state index in [9.17, 15) is 4.79 Å². The highest BCUT2D eigenvalue weighted by Crippen LogP contribution is 2.27. The average molecular weight is 247 g/mol. The lowest BCUT2D eigenvalue weighted by Crippen LogP contribution is -2.32. The lowest BCUT2D eigenvalue weighted by Gasteiger charge is -2.23. The van der Waals surface area contributed by atoms with Crippen LogP contribution in [0.4, 0.5) is 0 Å². The van der Waals surface area contributed by atoms with Gasteiger partial charge >= 0.3 is 0 Å². The lowest BCUT2D eigenvalue weighted by molar-refractivity contribution is -0.128. The van der Waals surface area contributed by atoms with E-state index >= 15 is 0 Å². The summed E-state index contributed by atoms with van der Waals surface area (Å²) in [5, 5.41) is 0. The van der Waals surface area contributed by atoms with E-state index in [4.69, 9.17) is 4.74 Å². The molecule has 0 saturated carbocycles. The summed E-state index contributed by atoms with van der Waals surface area (Å²) in [6, 6.07) is 8.23. The molecule has 0 spiro atoms. The van der Waals surface area contributed by atoms with Gasteiger partial charge in [-0.1, -0.05) is 18.6 Å². The molecule has 1 aromatic rings. The molecular formula is C15H21NO2. The van der Waals surface area contributed by atoms with Crippen molar-refractivity contribution in [3.05, 3.63) is 29.8 Å². The van der Waals surface area contributed by atoms with Gasteiger partial charge < -0.3 is 9.64 Å². The highest BCUT2D eigenvalue weighted by molar-refractivity contribution is 5.73. The fourth-order valence-corrected chi connectivity index (χ4v) is 2.58. The van der Waals surface area contributed by atoms with Crippen LogP contribution in [-0.4, -0.2) is 31.0 Å².